The van der Waals surface area contributed by atoms with Crippen LogP contribution >= 0.6 is 35.3 Å². The SMILES string of the molecule is Cn1c(CSc2nc3ccccc3s2)nn(CN2CCc3ccccc3C2)c1=S. The van der Waals surface area contributed by atoms with Gasteiger partial charge in [-0.2, -0.15) is 5.10 Å². The average molecular weight is 440 g/mol. The summed E-state index contributed by atoms with van der Waals surface area (Å²) in [5, 5.41) is 4.82. The van der Waals surface area contributed by atoms with Crippen molar-refractivity contribution >= 4 is 45.5 Å². The van der Waals surface area contributed by atoms with Gasteiger partial charge in [-0.05, 0) is 41.9 Å². The van der Waals surface area contributed by atoms with Crippen molar-refractivity contribution in [1.82, 2.24) is 24.2 Å². The zero-order valence-electron chi connectivity index (χ0n) is 16.1. The largest absolute Gasteiger partial charge is 0.306 e. The first-order valence-electron chi connectivity index (χ1n) is 9.57. The summed E-state index contributed by atoms with van der Waals surface area (Å²) in [6.45, 7) is 2.71. The third-order valence-corrected chi connectivity index (χ3v) is 7.93. The number of benzene rings is 2. The van der Waals surface area contributed by atoms with Crippen LogP contribution in [0, 0.1) is 4.77 Å². The molecule has 0 amide bonds. The van der Waals surface area contributed by atoms with Gasteiger partial charge < -0.3 is 4.57 Å². The Kier molecular flexibility index (Phi) is 5.26. The first kappa shape index (κ1) is 19.0. The maximum atomic E-state index is 5.66. The van der Waals surface area contributed by atoms with Crippen molar-refractivity contribution in [3.8, 4) is 0 Å². The van der Waals surface area contributed by atoms with Crippen LogP contribution in [0.5, 0.6) is 0 Å². The second-order valence-corrected chi connectivity index (χ2v) is 9.82. The maximum Gasteiger partial charge on any atom is 0.198 e. The molecule has 1 aliphatic rings. The molecule has 0 spiro atoms. The molecule has 0 N–H and O–H groups in total. The van der Waals surface area contributed by atoms with Crippen LogP contribution in [-0.4, -0.2) is 30.8 Å². The van der Waals surface area contributed by atoms with Crippen LogP contribution < -0.4 is 0 Å². The molecule has 0 atom stereocenters. The fraction of sp³-hybridized carbons (Fsp3) is 0.286. The Labute approximate surface area is 183 Å². The second kappa shape index (κ2) is 8.02. The summed E-state index contributed by atoms with van der Waals surface area (Å²) in [6, 6.07) is 17.0. The van der Waals surface area contributed by atoms with E-state index >= 15 is 0 Å². The minimum absolute atomic E-state index is 0.729. The highest BCUT2D eigenvalue weighted by atomic mass is 32.2. The Morgan fingerprint density at radius 1 is 1.10 bits per heavy atom. The van der Waals surface area contributed by atoms with Gasteiger partial charge in [-0.3, -0.25) is 4.90 Å². The molecule has 148 valence electrons. The van der Waals surface area contributed by atoms with Crippen molar-refractivity contribution in [2.75, 3.05) is 6.54 Å². The van der Waals surface area contributed by atoms with E-state index in [0.29, 0.717) is 0 Å². The molecule has 8 heteroatoms. The van der Waals surface area contributed by atoms with Crippen LogP contribution in [-0.2, 0) is 32.4 Å². The second-order valence-electron chi connectivity index (χ2n) is 7.21. The van der Waals surface area contributed by atoms with E-state index in [1.54, 1.807) is 23.1 Å². The number of para-hydroxylation sites is 1. The number of rotatable bonds is 5. The highest BCUT2D eigenvalue weighted by Gasteiger charge is 2.18. The summed E-state index contributed by atoms with van der Waals surface area (Å²) in [6.07, 6.45) is 1.08. The van der Waals surface area contributed by atoms with Crippen LogP contribution in [0.2, 0.25) is 0 Å². The molecule has 0 saturated heterocycles. The lowest BCUT2D eigenvalue weighted by Gasteiger charge is -2.28. The van der Waals surface area contributed by atoms with E-state index in [2.05, 4.69) is 47.4 Å². The first-order valence-corrected chi connectivity index (χ1v) is 11.8. The van der Waals surface area contributed by atoms with Crippen LogP contribution in [0.25, 0.3) is 10.2 Å². The number of hydrogen-bond acceptors (Lipinski definition) is 6. The molecule has 0 fully saturated rings. The lowest BCUT2D eigenvalue weighted by Crippen LogP contribution is -2.32. The molecule has 2 aromatic heterocycles. The Morgan fingerprint density at radius 3 is 2.76 bits per heavy atom. The van der Waals surface area contributed by atoms with Gasteiger partial charge in [0.2, 0.25) is 0 Å². The molecule has 29 heavy (non-hydrogen) atoms. The number of nitrogens with zero attached hydrogens (tertiary/aromatic N) is 5. The van der Waals surface area contributed by atoms with E-state index in [1.165, 1.54) is 15.8 Å². The highest BCUT2D eigenvalue weighted by molar-refractivity contribution is 8.00. The lowest BCUT2D eigenvalue weighted by molar-refractivity contribution is 0.188. The zero-order chi connectivity index (χ0) is 19.8. The predicted octanol–water partition coefficient (Wildman–Crippen LogP) is 4.87. The van der Waals surface area contributed by atoms with Gasteiger partial charge in [-0.25, -0.2) is 9.67 Å². The molecular formula is C21H21N5S3. The molecule has 5 rings (SSSR count). The molecule has 0 aliphatic carbocycles. The Balaban J connectivity index is 1.29. The smallest absolute Gasteiger partial charge is 0.198 e. The number of hydrogen-bond donors (Lipinski definition) is 0. The molecule has 0 radical (unpaired) electrons. The molecule has 0 saturated carbocycles. The van der Waals surface area contributed by atoms with Crippen molar-refractivity contribution in [3.05, 3.63) is 70.3 Å². The van der Waals surface area contributed by atoms with Crippen LogP contribution in [0.4, 0.5) is 0 Å². The lowest BCUT2D eigenvalue weighted by atomic mass is 10.0. The summed E-state index contributed by atoms with van der Waals surface area (Å²) in [5.74, 6) is 1.74. The number of thioether (sulfide) groups is 1. The molecule has 2 aromatic carbocycles. The maximum absolute atomic E-state index is 5.66. The van der Waals surface area contributed by atoms with Gasteiger partial charge in [-0.1, -0.05) is 48.2 Å². The van der Waals surface area contributed by atoms with Crippen molar-refractivity contribution in [3.63, 3.8) is 0 Å². The monoisotopic (exact) mass is 439 g/mol. The van der Waals surface area contributed by atoms with Gasteiger partial charge in [0.25, 0.3) is 0 Å². The van der Waals surface area contributed by atoms with Crippen molar-refractivity contribution < 1.29 is 0 Å². The molecule has 4 aromatic rings. The van der Waals surface area contributed by atoms with E-state index in [-0.39, 0.29) is 0 Å². The van der Waals surface area contributed by atoms with Crippen LogP contribution in [0.15, 0.2) is 52.9 Å². The third kappa shape index (κ3) is 3.90. The Morgan fingerprint density at radius 2 is 1.90 bits per heavy atom. The Bertz CT molecular complexity index is 1190. The molecule has 0 unspecified atom stereocenters. The Hall–Kier alpha value is -2.00. The topological polar surface area (TPSA) is 38.9 Å². The quantitative estimate of drug-likeness (QED) is 0.328. The van der Waals surface area contributed by atoms with Gasteiger partial charge in [0.1, 0.15) is 5.82 Å². The number of thiazole rings is 1. The van der Waals surface area contributed by atoms with Crippen molar-refractivity contribution in [2.45, 2.75) is 29.7 Å². The van der Waals surface area contributed by atoms with Gasteiger partial charge in [0.05, 0.1) is 22.6 Å². The van der Waals surface area contributed by atoms with Gasteiger partial charge >= 0.3 is 0 Å². The van der Waals surface area contributed by atoms with E-state index in [1.807, 2.05) is 22.4 Å². The van der Waals surface area contributed by atoms with Crippen molar-refractivity contribution in [2.24, 2.45) is 7.05 Å². The van der Waals surface area contributed by atoms with Gasteiger partial charge in [0.15, 0.2) is 9.11 Å². The predicted molar refractivity (Wildman–Crippen MR) is 122 cm³/mol. The van der Waals surface area contributed by atoms with Crippen LogP contribution in [0.3, 0.4) is 0 Å². The first-order chi connectivity index (χ1) is 14.2. The summed E-state index contributed by atoms with van der Waals surface area (Å²) in [5.41, 5.74) is 3.93. The summed E-state index contributed by atoms with van der Waals surface area (Å²) >= 11 is 9.11. The van der Waals surface area contributed by atoms with E-state index in [4.69, 9.17) is 22.3 Å². The standard InChI is InChI=1S/C21H21N5S3/c1-24-19(13-28-20-22-17-8-4-5-9-18(17)29-20)23-26(21(24)27)14-25-11-10-15-6-2-3-7-16(15)12-25/h2-9H,10-14H2,1H3. The number of aromatic nitrogens is 4. The molecule has 5 nitrogen and oxygen atoms in total. The fourth-order valence-electron chi connectivity index (χ4n) is 3.65. The summed E-state index contributed by atoms with van der Waals surface area (Å²) in [4.78, 5) is 7.12. The van der Waals surface area contributed by atoms with Gasteiger partial charge in [-0.15, -0.1) is 11.3 Å². The van der Waals surface area contributed by atoms with Crippen molar-refractivity contribution in [1.29, 1.82) is 0 Å². The van der Waals surface area contributed by atoms with E-state index in [9.17, 15) is 0 Å². The molecule has 0 bridgehead atoms. The minimum Gasteiger partial charge on any atom is -0.306 e. The summed E-state index contributed by atoms with van der Waals surface area (Å²) in [7, 11) is 2.01. The van der Waals surface area contributed by atoms with E-state index in [0.717, 1.165) is 52.4 Å². The zero-order valence-corrected chi connectivity index (χ0v) is 18.6. The third-order valence-electron chi connectivity index (χ3n) is 5.27. The molecular weight excluding hydrogens is 418 g/mol. The minimum atomic E-state index is 0.729. The average Bonchev–Trinajstić information content (AvgIpc) is 3.28. The highest BCUT2D eigenvalue weighted by Crippen LogP contribution is 2.31. The number of fused-ring (bicyclic) bond motifs is 2. The molecule has 1 aliphatic heterocycles. The van der Waals surface area contributed by atoms with Gasteiger partial charge in [0, 0.05) is 20.1 Å². The normalized spacial score (nSPS) is 14.4. The van der Waals surface area contributed by atoms with E-state index < -0.39 is 0 Å². The van der Waals surface area contributed by atoms with Crippen LogP contribution in [0.1, 0.15) is 17.0 Å². The molecule has 3 heterocycles. The summed E-state index contributed by atoms with van der Waals surface area (Å²) < 4.78 is 7.03. The fourth-order valence-corrected chi connectivity index (χ4v) is 5.90.